The molecule has 2 heterocycles. The number of hydrogen-bond donors (Lipinski definition) is 2. The zero-order valence-corrected chi connectivity index (χ0v) is 16.2. The van der Waals surface area contributed by atoms with Crippen molar-refractivity contribution in [2.45, 2.75) is 12.8 Å². The monoisotopic (exact) mass is 395 g/mol. The molecule has 0 bridgehead atoms. The normalized spacial score (nSPS) is 18.4. The first-order chi connectivity index (χ1) is 12.6. The fraction of sp³-hybridized carbons (Fsp3) is 0.474. The number of nitrogens with zero attached hydrogens (tertiary/aromatic N) is 1. The van der Waals surface area contributed by atoms with E-state index in [0.717, 1.165) is 24.2 Å². The lowest BCUT2D eigenvalue weighted by Gasteiger charge is -2.33. The van der Waals surface area contributed by atoms with Crippen molar-refractivity contribution in [2.75, 3.05) is 39.9 Å². The van der Waals surface area contributed by atoms with Crippen molar-refractivity contribution >= 4 is 30.3 Å². The Morgan fingerprint density at radius 1 is 1.41 bits per heavy atom. The van der Waals surface area contributed by atoms with Gasteiger partial charge in [-0.15, -0.1) is 12.4 Å². The number of piperidine rings is 1. The molecule has 1 aromatic rings. The second kappa shape index (κ2) is 9.62. The van der Waals surface area contributed by atoms with Crippen LogP contribution in [0.1, 0.15) is 18.4 Å². The predicted octanol–water partition coefficient (Wildman–Crippen LogP) is 1.21. The molecule has 1 fully saturated rings. The Hall–Kier alpha value is -2.25. The number of nitrogens with one attached hydrogen (secondary N) is 1. The third-order valence-corrected chi connectivity index (χ3v) is 4.73. The Morgan fingerprint density at radius 2 is 2.22 bits per heavy atom. The van der Waals surface area contributed by atoms with Gasteiger partial charge in [0.25, 0.3) is 5.91 Å². The maximum absolute atomic E-state index is 12.9. The van der Waals surface area contributed by atoms with E-state index in [1.807, 2.05) is 24.3 Å². The van der Waals surface area contributed by atoms with Crippen molar-refractivity contribution in [1.29, 1.82) is 0 Å². The first-order valence-electron chi connectivity index (χ1n) is 8.91. The van der Waals surface area contributed by atoms with Gasteiger partial charge in [-0.05, 0) is 37.1 Å². The number of carbonyl (C=O) groups excluding carboxylic acids is 2. The topological polar surface area (TPSA) is 93.9 Å². The molecule has 27 heavy (non-hydrogen) atoms. The molecule has 3 rings (SSSR count). The van der Waals surface area contributed by atoms with Gasteiger partial charge in [0, 0.05) is 31.7 Å². The van der Waals surface area contributed by atoms with Crippen molar-refractivity contribution in [2.24, 2.45) is 11.7 Å². The molecule has 1 atom stereocenters. The number of ether oxygens (including phenoxy) is 2. The number of methoxy groups -OCH3 is 1. The summed E-state index contributed by atoms with van der Waals surface area (Å²) < 4.78 is 10.9. The summed E-state index contributed by atoms with van der Waals surface area (Å²) in [5, 5.41) is 2.81. The molecule has 1 saturated heterocycles. The van der Waals surface area contributed by atoms with Gasteiger partial charge in [0.2, 0.25) is 5.91 Å². The molecule has 7 nitrogen and oxygen atoms in total. The van der Waals surface area contributed by atoms with E-state index in [-0.39, 0.29) is 36.7 Å². The average Bonchev–Trinajstić information content (AvgIpc) is 2.70. The number of amides is 2. The largest absolute Gasteiger partial charge is 0.497 e. The van der Waals surface area contributed by atoms with Crippen LogP contribution < -0.4 is 20.5 Å². The zero-order valence-electron chi connectivity index (χ0n) is 15.4. The van der Waals surface area contributed by atoms with E-state index < -0.39 is 0 Å². The van der Waals surface area contributed by atoms with Crippen LogP contribution in [0.3, 0.4) is 0 Å². The van der Waals surface area contributed by atoms with Gasteiger partial charge in [0.05, 0.1) is 18.6 Å². The summed E-state index contributed by atoms with van der Waals surface area (Å²) in [6.45, 7) is 2.19. The molecule has 0 radical (unpaired) electrons. The molecule has 0 aliphatic carbocycles. The van der Waals surface area contributed by atoms with Crippen molar-refractivity contribution in [3.05, 3.63) is 29.3 Å². The molecule has 148 valence electrons. The minimum atomic E-state index is -0.184. The number of carbonyl (C=O) groups is 2. The quantitative estimate of drug-likeness (QED) is 0.781. The third kappa shape index (κ3) is 4.93. The molecule has 2 aliphatic rings. The van der Waals surface area contributed by atoms with Crippen LogP contribution >= 0.6 is 12.4 Å². The number of nitrogens with two attached hydrogens (primary N) is 1. The van der Waals surface area contributed by atoms with Crippen LogP contribution in [0.2, 0.25) is 0 Å². The van der Waals surface area contributed by atoms with Crippen LogP contribution in [-0.4, -0.2) is 56.6 Å². The smallest absolute Gasteiger partial charge is 0.253 e. The Kier molecular flexibility index (Phi) is 7.50. The molecule has 0 aromatic heterocycles. The summed E-state index contributed by atoms with van der Waals surface area (Å²) in [6, 6.07) is 5.51. The summed E-state index contributed by atoms with van der Waals surface area (Å²) in [5.74, 6) is 1.16. The molecular formula is C19H26ClN3O4. The van der Waals surface area contributed by atoms with Crippen molar-refractivity contribution < 1.29 is 19.1 Å². The van der Waals surface area contributed by atoms with Gasteiger partial charge >= 0.3 is 0 Å². The number of rotatable bonds is 5. The van der Waals surface area contributed by atoms with Crippen LogP contribution in [0, 0.1) is 5.92 Å². The number of fused-ring (bicyclic) bond motifs is 1. The summed E-state index contributed by atoms with van der Waals surface area (Å²) in [7, 11) is 1.60. The Labute approximate surface area is 165 Å². The maximum Gasteiger partial charge on any atom is 0.253 e. The Bertz CT molecular complexity index is 723. The van der Waals surface area contributed by atoms with Gasteiger partial charge in [-0.25, -0.2) is 0 Å². The van der Waals surface area contributed by atoms with Gasteiger partial charge in [0.15, 0.2) is 0 Å². The van der Waals surface area contributed by atoms with Crippen LogP contribution in [0.4, 0.5) is 0 Å². The number of hydrogen-bond acceptors (Lipinski definition) is 5. The first-order valence-corrected chi connectivity index (χ1v) is 8.91. The molecule has 2 amide bonds. The van der Waals surface area contributed by atoms with E-state index in [2.05, 4.69) is 5.32 Å². The summed E-state index contributed by atoms with van der Waals surface area (Å²) in [5.41, 5.74) is 6.85. The number of likely N-dealkylation sites (tertiary alicyclic amines) is 1. The second-order valence-electron chi connectivity index (χ2n) is 6.53. The van der Waals surface area contributed by atoms with Crippen molar-refractivity contribution in [3.8, 4) is 11.5 Å². The number of benzene rings is 1. The highest BCUT2D eigenvalue weighted by atomic mass is 35.5. The third-order valence-electron chi connectivity index (χ3n) is 4.73. The zero-order chi connectivity index (χ0) is 18.5. The molecule has 0 saturated carbocycles. The summed E-state index contributed by atoms with van der Waals surface area (Å²) in [6.07, 6.45) is 3.45. The van der Waals surface area contributed by atoms with E-state index >= 15 is 0 Å². The van der Waals surface area contributed by atoms with Gasteiger partial charge in [0.1, 0.15) is 18.1 Å². The van der Waals surface area contributed by atoms with Crippen molar-refractivity contribution in [3.63, 3.8) is 0 Å². The maximum atomic E-state index is 12.9. The predicted molar refractivity (Wildman–Crippen MR) is 105 cm³/mol. The van der Waals surface area contributed by atoms with E-state index in [9.17, 15) is 9.59 Å². The molecule has 2 aliphatic heterocycles. The average molecular weight is 396 g/mol. The van der Waals surface area contributed by atoms with Gasteiger partial charge < -0.3 is 25.4 Å². The van der Waals surface area contributed by atoms with Crippen LogP contribution in [0.5, 0.6) is 11.5 Å². The fourth-order valence-corrected chi connectivity index (χ4v) is 3.32. The lowest BCUT2D eigenvalue weighted by Crippen LogP contribution is -2.47. The highest BCUT2D eigenvalue weighted by Gasteiger charge is 2.30. The first kappa shape index (κ1) is 21.1. The van der Waals surface area contributed by atoms with Gasteiger partial charge in [-0.3, -0.25) is 9.59 Å². The molecule has 3 N–H and O–H groups in total. The standard InChI is InChI=1S/C19H25N3O4.ClH/c1-25-16-4-5-17-14(10-16)9-15(12-26-17)19(24)22-8-2-3-13(11-22)18(23)21-7-6-20;/h4-5,9-10,13H,2-3,6-8,11-12,20H2,1H3,(H,21,23);1H. The summed E-state index contributed by atoms with van der Waals surface area (Å²) >= 11 is 0. The summed E-state index contributed by atoms with van der Waals surface area (Å²) in [4.78, 5) is 26.8. The second-order valence-corrected chi connectivity index (χ2v) is 6.53. The van der Waals surface area contributed by atoms with Gasteiger partial charge in [-0.2, -0.15) is 0 Å². The van der Waals surface area contributed by atoms with Crippen molar-refractivity contribution in [1.82, 2.24) is 10.2 Å². The minimum absolute atomic E-state index is 0. The lowest BCUT2D eigenvalue weighted by atomic mass is 9.96. The Morgan fingerprint density at radius 3 is 2.96 bits per heavy atom. The molecule has 8 heteroatoms. The molecule has 1 aromatic carbocycles. The van der Waals surface area contributed by atoms with E-state index in [1.165, 1.54) is 0 Å². The minimum Gasteiger partial charge on any atom is -0.497 e. The van der Waals surface area contributed by atoms with Gasteiger partial charge in [-0.1, -0.05) is 0 Å². The highest BCUT2D eigenvalue weighted by molar-refractivity contribution is 5.99. The van der Waals surface area contributed by atoms with Crippen LogP contribution in [0.25, 0.3) is 6.08 Å². The fourth-order valence-electron chi connectivity index (χ4n) is 3.32. The van der Waals surface area contributed by atoms with E-state index in [0.29, 0.717) is 37.5 Å². The highest BCUT2D eigenvalue weighted by Crippen LogP contribution is 2.31. The Balaban J connectivity index is 0.00000261. The molecule has 0 spiro atoms. The van der Waals surface area contributed by atoms with Crippen LogP contribution in [-0.2, 0) is 9.59 Å². The number of halogens is 1. The molecular weight excluding hydrogens is 370 g/mol. The van der Waals surface area contributed by atoms with E-state index in [4.69, 9.17) is 15.2 Å². The van der Waals surface area contributed by atoms with E-state index in [1.54, 1.807) is 12.0 Å². The molecule has 1 unspecified atom stereocenters. The van der Waals surface area contributed by atoms with Crippen LogP contribution in [0.15, 0.2) is 23.8 Å². The lowest BCUT2D eigenvalue weighted by molar-refractivity contribution is -0.133. The SMILES string of the molecule is COc1ccc2c(c1)C=C(C(=O)N1CCCC(C(=O)NCCN)C1)CO2.Cl.